The Balaban J connectivity index is 1.65. The smallest absolute Gasteiger partial charge is 0.422 e. The van der Waals surface area contributed by atoms with Crippen molar-refractivity contribution in [3.05, 3.63) is 29.3 Å². The largest absolute Gasteiger partial charge is 0.440 e. The van der Waals surface area contributed by atoms with E-state index >= 15 is 0 Å². The minimum absolute atomic E-state index is 0.0796. The summed E-state index contributed by atoms with van der Waals surface area (Å²) < 4.78 is 40.5. The molecule has 0 spiro atoms. The first-order valence-corrected chi connectivity index (χ1v) is 10.1. The molecule has 156 valence electrons. The minimum atomic E-state index is -4.54. The number of carbonyl (C=O) groups excluding carboxylic acids is 2. The summed E-state index contributed by atoms with van der Waals surface area (Å²) in [5.74, 6) is 0.430. The molecule has 0 saturated carbocycles. The number of likely N-dealkylation sites (tertiary alicyclic amines) is 1. The van der Waals surface area contributed by atoms with Crippen LogP contribution in [-0.2, 0) is 9.53 Å². The van der Waals surface area contributed by atoms with Crippen molar-refractivity contribution in [1.82, 2.24) is 10.2 Å². The maximum atomic E-state index is 12.2. The van der Waals surface area contributed by atoms with Crippen LogP contribution in [0.15, 0.2) is 23.1 Å². The van der Waals surface area contributed by atoms with Crippen molar-refractivity contribution in [2.75, 3.05) is 32.0 Å². The highest BCUT2D eigenvalue weighted by atomic mass is 32.2. The first-order valence-electron chi connectivity index (χ1n) is 9.12. The van der Waals surface area contributed by atoms with Gasteiger partial charge in [0.15, 0.2) is 6.61 Å². The summed E-state index contributed by atoms with van der Waals surface area (Å²) in [5, 5.41) is 2.89. The molecule has 9 heteroatoms. The molecule has 1 aliphatic rings. The van der Waals surface area contributed by atoms with Gasteiger partial charge in [0.05, 0.1) is 0 Å². The quantitative estimate of drug-likeness (QED) is 0.562. The van der Waals surface area contributed by atoms with Gasteiger partial charge in [-0.2, -0.15) is 13.2 Å². The van der Waals surface area contributed by atoms with Crippen LogP contribution in [0.25, 0.3) is 0 Å². The van der Waals surface area contributed by atoms with Crippen molar-refractivity contribution in [3.63, 3.8) is 0 Å². The molecule has 0 atom stereocenters. The van der Waals surface area contributed by atoms with Crippen LogP contribution in [0.5, 0.6) is 0 Å². The fraction of sp³-hybridized carbons (Fsp3) is 0.579. The van der Waals surface area contributed by atoms with Crippen molar-refractivity contribution >= 4 is 23.8 Å². The molecule has 0 unspecified atom stereocenters. The minimum Gasteiger partial charge on any atom is -0.440 e. The first kappa shape index (κ1) is 22.4. The number of carbonyl (C=O) groups is 2. The van der Waals surface area contributed by atoms with Crippen LogP contribution in [-0.4, -0.2) is 55.1 Å². The van der Waals surface area contributed by atoms with Gasteiger partial charge in [-0.05, 0) is 49.9 Å². The van der Waals surface area contributed by atoms with Gasteiger partial charge in [-0.3, -0.25) is 4.79 Å². The van der Waals surface area contributed by atoms with Crippen LogP contribution < -0.4 is 5.32 Å². The van der Waals surface area contributed by atoms with E-state index in [1.54, 1.807) is 11.8 Å². The van der Waals surface area contributed by atoms with Gasteiger partial charge >= 0.3 is 12.3 Å². The molecule has 28 heavy (non-hydrogen) atoms. The molecule has 1 aromatic carbocycles. The van der Waals surface area contributed by atoms with E-state index in [9.17, 15) is 22.8 Å². The maximum Gasteiger partial charge on any atom is 0.422 e. The number of aryl methyl sites for hydroxylation is 2. The fourth-order valence-electron chi connectivity index (χ4n) is 2.85. The Morgan fingerprint density at radius 1 is 1.21 bits per heavy atom. The van der Waals surface area contributed by atoms with Crippen molar-refractivity contribution in [2.45, 2.75) is 37.8 Å². The summed E-state index contributed by atoms with van der Waals surface area (Å²) in [6.07, 6.45) is -4.70. The lowest BCUT2D eigenvalue weighted by molar-refractivity contribution is -0.162. The van der Waals surface area contributed by atoms with Crippen LogP contribution in [0, 0.1) is 19.8 Å². The monoisotopic (exact) mass is 418 g/mol. The zero-order chi connectivity index (χ0) is 20.7. The first-order chi connectivity index (χ1) is 13.2. The molecule has 1 aromatic rings. The molecule has 0 aromatic heterocycles. The van der Waals surface area contributed by atoms with Gasteiger partial charge in [-0.25, -0.2) is 4.79 Å². The summed E-state index contributed by atoms with van der Waals surface area (Å²) in [7, 11) is 0. The third-order valence-electron chi connectivity index (χ3n) is 4.63. The molecule has 0 radical (unpaired) electrons. The second kappa shape index (κ2) is 10.0. The van der Waals surface area contributed by atoms with E-state index in [-0.39, 0.29) is 24.9 Å². The van der Waals surface area contributed by atoms with Gasteiger partial charge in [-0.15, -0.1) is 11.8 Å². The van der Waals surface area contributed by atoms with Gasteiger partial charge in [0.1, 0.15) is 0 Å². The third kappa shape index (κ3) is 7.26. The summed E-state index contributed by atoms with van der Waals surface area (Å²) >= 11 is 1.67. The lowest BCUT2D eigenvalue weighted by Gasteiger charge is -2.30. The van der Waals surface area contributed by atoms with E-state index in [0.29, 0.717) is 19.4 Å². The van der Waals surface area contributed by atoms with Crippen molar-refractivity contribution in [1.29, 1.82) is 0 Å². The number of nitrogens with one attached hydrogen (secondary N) is 1. The predicted octanol–water partition coefficient (Wildman–Crippen LogP) is 3.92. The number of ether oxygens (including phenoxy) is 1. The van der Waals surface area contributed by atoms with Crippen molar-refractivity contribution in [2.24, 2.45) is 5.92 Å². The average Bonchev–Trinajstić information content (AvgIpc) is 2.65. The highest BCUT2D eigenvalue weighted by Gasteiger charge is 2.32. The van der Waals surface area contributed by atoms with Crippen molar-refractivity contribution in [3.8, 4) is 0 Å². The van der Waals surface area contributed by atoms with Crippen LogP contribution in [0.2, 0.25) is 0 Å². The van der Waals surface area contributed by atoms with E-state index < -0.39 is 18.9 Å². The van der Waals surface area contributed by atoms with E-state index in [4.69, 9.17) is 0 Å². The molecule has 5 nitrogen and oxygen atoms in total. The van der Waals surface area contributed by atoms with E-state index in [1.165, 1.54) is 16.0 Å². The van der Waals surface area contributed by atoms with Gasteiger partial charge in [0.2, 0.25) is 5.91 Å². The van der Waals surface area contributed by atoms with Crippen LogP contribution in [0.3, 0.4) is 0 Å². The number of piperidine rings is 1. The average molecular weight is 418 g/mol. The molecule has 0 bridgehead atoms. The summed E-state index contributed by atoms with van der Waals surface area (Å²) in [6, 6.07) is 6.25. The molecule has 1 fully saturated rings. The molecule has 1 saturated heterocycles. The second-order valence-corrected chi connectivity index (χ2v) is 7.98. The number of alkyl halides is 3. The highest BCUT2D eigenvalue weighted by molar-refractivity contribution is 7.99. The predicted molar refractivity (Wildman–Crippen MR) is 101 cm³/mol. The summed E-state index contributed by atoms with van der Waals surface area (Å²) in [5.41, 5.74) is 2.47. The Morgan fingerprint density at radius 3 is 2.50 bits per heavy atom. The second-order valence-electron chi connectivity index (χ2n) is 6.82. The molecular formula is C19H25F3N2O3S. The van der Waals surface area contributed by atoms with E-state index in [1.807, 2.05) is 0 Å². The van der Waals surface area contributed by atoms with Crippen LogP contribution >= 0.6 is 11.8 Å². The van der Waals surface area contributed by atoms with E-state index in [2.05, 4.69) is 42.1 Å². The molecular weight excluding hydrogens is 393 g/mol. The fourth-order valence-corrected chi connectivity index (χ4v) is 3.71. The lowest BCUT2D eigenvalue weighted by Crippen LogP contribution is -2.44. The Labute approximate surface area is 167 Å². The summed E-state index contributed by atoms with van der Waals surface area (Å²) in [4.78, 5) is 26.2. The third-order valence-corrected chi connectivity index (χ3v) is 5.63. The zero-order valence-corrected chi connectivity index (χ0v) is 16.8. The lowest BCUT2D eigenvalue weighted by atomic mass is 9.96. The molecule has 0 aliphatic carbocycles. The topological polar surface area (TPSA) is 58.6 Å². The highest BCUT2D eigenvalue weighted by Crippen LogP contribution is 2.22. The van der Waals surface area contributed by atoms with Gasteiger partial charge in [0.25, 0.3) is 0 Å². The molecule has 1 heterocycles. The number of hydrogen-bond donors (Lipinski definition) is 1. The van der Waals surface area contributed by atoms with E-state index in [0.717, 1.165) is 10.6 Å². The number of rotatable bonds is 6. The number of hydrogen-bond acceptors (Lipinski definition) is 4. The number of nitrogens with zero attached hydrogens (tertiary/aromatic N) is 1. The Hall–Kier alpha value is -1.90. The molecule has 2 amide bonds. The number of benzene rings is 1. The number of halogens is 3. The summed E-state index contributed by atoms with van der Waals surface area (Å²) in [6.45, 7) is 3.49. The van der Waals surface area contributed by atoms with Gasteiger partial charge in [0, 0.05) is 36.2 Å². The number of amides is 2. The Kier molecular flexibility index (Phi) is 8.03. The Bertz CT molecular complexity index is 689. The molecule has 1 N–H and O–H groups in total. The number of thioether (sulfide) groups is 1. The van der Waals surface area contributed by atoms with Gasteiger partial charge in [-0.1, -0.05) is 6.07 Å². The normalized spacial score (nSPS) is 15.4. The van der Waals surface area contributed by atoms with Crippen LogP contribution in [0.4, 0.5) is 18.0 Å². The van der Waals surface area contributed by atoms with Crippen molar-refractivity contribution < 1.29 is 27.5 Å². The van der Waals surface area contributed by atoms with Crippen LogP contribution in [0.1, 0.15) is 24.0 Å². The zero-order valence-electron chi connectivity index (χ0n) is 16.0. The molecule has 1 aliphatic heterocycles. The van der Waals surface area contributed by atoms with Gasteiger partial charge < -0.3 is 15.0 Å². The maximum absolute atomic E-state index is 12.2. The SMILES string of the molecule is Cc1ccc(SCCNC(=O)C2CCN(C(=O)OCC(F)(F)F)CC2)cc1C. The molecule has 2 rings (SSSR count). The standard InChI is InChI=1S/C19H25F3N2O3S/c1-13-3-4-16(11-14(13)2)28-10-7-23-17(25)15-5-8-24(9-6-15)18(26)27-12-19(20,21)22/h3-4,11,15H,5-10,12H2,1-2H3,(H,23,25). The Morgan fingerprint density at radius 2 is 1.89 bits per heavy atom.